The minimum absolute atomic E-state index is 0.551. The third kappa shape index (κ3) is 2.43. The smallest absolute Gasteiger partial charge is 0.113 e. The summed E-state index contributed by atoms with van der Waals surface area (Å²) in [6.45, 7) is 3.02. The molecule has 0 radical (unpaired) electrons. The Morgan fingerprint density at radius 3 is 3.06 bits per heavy atom. The van der Waals surface area contributed by atoms with Gasteiger partial charge in [0.15, 0.2) is 0 Å². The lowest BCUT2D eigenvalue weighted by Gasteiger charge is -2.23. The van der Waals surface area contributed by atoms with Gasteiger partial charge in [0.1, 0.15) is 5.82 Å². The van der Waals surface area contributed by atoms with Crippen molar-refractivity contribution in [2.75, 3.05) is 6.54 Å². The van der Waals surface area contributed by atoms with Gasteiger partial charge in [-0.05, 0) is 30.5 Å². The van der Waals surface area contributed by atoms with Crippen molar-refractivity contribution >= 4 is 0 Å². The lowest BCUT2D eigenvalue weighted by Crippen LogP contribution is -2.26. The van der Waals surface area contributed by atoms with Crippen molar-refractivity contribution in [1.29, 1.82) is 0 Å². The zero-order valence-corrected chi connectivity index (χ0v) is 10.4. The highest BCUT2D eigenvalue weighted by molar-refractivity contribution is 5.10. The van der Waals surface area contributed by atoms with Crippen molar-refractivity contribution in [3.05, 3.63) is 48.3 Å². The van der Waals surface area contributed by atoms with E-state index in [0.29, 0.717) is 5.92 Å². The highest BCUT2D eigenvalue weighted by atomic mass is 15.1. The lowest BCUT2D eigenvalue weighted by molar-refractivity contribution is 0.423. The SMILES string of the molecule is c1cc(CNCC2CCCn3ccnc32)ccn1. The zero-order chi connectivity index (χ0) is 12.2. The van der Waals surface area contributed by atoms with Gasteiger partial charge in [0.05, 0.1) is 0 Å². The lowest BCUT2D eigenvalue weighted by atomic mass is 9.99. The zero-order valence-electron chi connectivity index (χ0n) is 10.4. The number of fused-ring (bicyclic) bond motifs is 1. The molecular weight excluding hydrogens is 224 g/mol. The maximum absolute atomic E-state index is 4.48. The molecule has 0 saturated heterocycles. The fourth-order valence-electron chi connectivity index (χ4n) is 2.59. The molecule has 3 heterocycles. The Labute approximate surface area is 107 Å². The topological polar surface area (TPSA) is 42.7 Å². The molecule has 1 atom stereocenters. The molecule has 0 saturated carbocycles. The Bertz CT molecular complexity index is 492. The second kappa shape index (κ2) is 5.31. The average molecular weight is 242 g/mol. The van der Waals surface area contributed by atoms with Gasteiger partial charge in [-0.15, -0.1) is 0 Å². The molecule has 4 heteroatoms. The number of rotatable bonds is 4. The Hall–Kier alpha value is -1.68. The highest BCUT2D eigenvalue weighted by Gasteiger charge is 2.20. The predicted octanol–water partition coefficient (Wildman–Crippen LogP) is 1.95. The van der Waals surface area contributed by atoms with Gasteiger partial charge in [-0.25, -0.2) is 4.98 Å². The summed E-state index contributed by atoms with van der Waals surface area (Å²) in [5.74, 6) is 1.79. The molecule has 0 aliphatic carbocycles. The summed E-state index contributed by atoms with van der Waals surface area (Å²) < 4.78 is 2.28. The Morgan fingerprint density at radius 1 is 1.28 bits per heavy atom. The molecule has 2 aromatic heterocycles. The van der Waals surface area contributed by atoms with Crippen molar-refractivity contribution in [1.82, 2.24) is 19.9 Å². The summed E-state index contributed by atoms with van der Waals surface area (Å²) in [6, 6.07) is 4.10. The first-order valence-corrected chi connectivity index (χ1v) is 6.54. The van der Waals surface area contributed by atoms with Crippen molar-refractivity contribution in [3.8, 4) is 0 Å². The molecule has 18 heavy (non-hydrogen) atoms. The maximum atomic E-state index is 4.48. The van der Waals surface area contributed by atoms with Gasteiger partial charge in [-0.1, -0.05) is 0 Å². The fourth-order valence-corrected chi connectivity index (χ4v) is 2.59. The van der Waals surface area contributed by atoms with Crippen LogP contribution in [0.4, 0.5) is 0 Å². The molecular formula is C14H18N4. The van der Waals surface area contributed by atoms with Crippen LogP contribution >= 0.6 is 0 Å². The van der Waals surface area contributed by atoms with Crippen LogP contribution in [0.2, 0.25) is 0 Å². The van der Waals surface area contributed by atoms with Crippen LogP contribution in [-0.2, 0) is 13.1 Å². The van der Waals surface area contributed by atoms with Crippen LogP contribution in [-0.4, -0.2) is 21.1 Å². The third-order valence-electron chi connectivity index (χ3n) is 3.53. The molecule has 4 nitrogen and oxygen atoms in total. The van der Waals surface area contributed by atoms with Crippen molar-refractivity contribution in [2.45, 2.75) is 31.8 Å². The van der Waals surface area contributed by atoms with Gasteiger partial charge in [-0.3, -0.25) is 4.98 Å². The molecule has 1 unspecified atom stereocenters. The van der Waals surface area contributed by atoms with Gasteiger partial charge < -0.3 is 9.88 Å². The van der Waals surface area contributed by atoms with Gasteiger partial charge in [0.25, 0.3) is 0 Å². The summed E-state index contributed by atoms with van der Waals surface area (Å²) >= 11 is 0. The second-order valence-electron chi connectivity index (χ2n) is 4.80. The highest BCUT2D eigenvalue weighted by Crippen LogP contribution is 2.24. The number of hydrogen-bond donors (Lipinski definition) is 1. The quantitative estimate of drug-likeness (QED) is 0.891. The van der Waals surface area contributed by atoms with Crippen LogP contribution in [0.5, 0.6) is 0 Å². The first-order valence-electron chi connectivity index (χ1n) is 6.54. The van der Waals surface area contributed by atoms with Crippen molar-refractivity contribution < 1.29 is 0 Å². The molecule has 0 bridgehead atoms. The predicted molar refractivity (Wildman–Crippen MR) is 70.1 cm³/mol. The fraction of sp³-hybridized carbons (Fsp3) is 0.429. The molecule has 2 aromatic rings. The largest absolute Gasteiger partial charge is 0.335 e. The third-order valence-corrected chi connectivity index (χ3v) is 3.53. The van der Waals surface area contributed by atoms with E-state index in [1.165, 1.54) is 24.2 Å². The summed E-state index contributed by atoms with van der Waals surface area (Å²) in [5.41, 5.74) is 1.28. The average Bonchev–Trinajstić information content (AvgIpc) is 2.89. The number of imidazole rings is 1. The summed E-state index contributed by atoms with van der Waals surface area (Å²) in [4.78, 5) is 8.50. The van der Waals surface area contributed by atoms with Crippen LogP contribution < -0.4 is 5.32 Å². The van der Waals surface area contributed by atoms with Crippen LogP contribution in [0.15, 0.2) is 36.9 Å². The second-order valence-corrected chi connectivity index (χ2v) is 4.80. The van der Waals surface area contributed by atoms with Gasteiger partial charge in [-0.2, -0.15) is 0 Å². The summed E-state index contributed by atoms with van der Waals surface area (Å²) in [6.07, 6.45) is 10.2. The maximum Gasteiger partial charge on any atom is 0.113 e. The van der Waals surface area contributed by atoms with E-state index < -0.39 is 0 Å². The van der Waals surface area contributed by atoms with E-state index in [-0.39, 0.29) is 0 Å². The number of nitrogens with one attached hydrogen (secondary N) is 1. The summed E-state index contributed by atoms with van der Waals surface area (Å²) in [7, 11) is 0. The molecule has 1 aliphatic rings. The van der Waals surface area contributed by atoms with Gasteiger partial charge in [0.2, 0.25) is 0 Å². The Kier molecular flexibility index (Phi) is 3.37. The van der Waals surface area contributed by atoms with E-state index in [4.69, 9.17) is 0 Å². The minimum atomic E-state index is 0.551. The monoisotopic (exact) mass is 242 g/mol. The molecule has 0 aromatic carbocycles. The van der Waals surface area contributed by atoms with E-state index in [2.05, 4.69) is 38.2 Å². The minimum Gasteiger partial charge on any atom is -0.335 e. The first kappa shape index (κ1) is 11.4. The van der Waals surface area contributed by atoms with Gasteiger partial charge in [0, 0.05) is 50.3 Å². The molecule has 94 valence electrons. The molecule has 3 rings (SSSR count). The first-order chi connectivity index (χ1) is 8.93. The normalized spacial score (nSPS) is 18.6. The molecule has 1 aliphatic heterocycles. The van der Waals surface area contributed by atoms with Crippen LogP contribution in [0.3, 0.4) is 0 Å². The molecule has 0 fully saturated rings. The van der Waals surface area contributed by atoms with Crippen LogP contribution in [0.25, 0.3) is 0 Å². The van der Waals surface area contributed by atoms with E-state index in [0.717, 1.165) is 19.6 Å². The summed E-state index contributed by atoms with van der Waals surface area (Å²) in [5, 5.41) is 3.52. The standard InChI is InChI=1S/C14H18N4/c1-2-13(14-17-7-9-18(14)8-1)11-16-10-12-3-5-15-6-4-12/h3-7,9,13,16H,1-2,8,10-11H2. The molecule has 1 N–H and O–H groups in total. The van der Waals surface area contributed by atoms with E-state index in [1.807, 2.05) is 18.6 Å². The molecule has 0 spiro atoms. The van der Waals surface area contributed by atoms with Crippen molar-refractivity contribution in [2.24, 2.45) is 0 Å². The molecule has 0 amide bonds. The Morgan fingerprint density at radius 2 is 2.17 bits per heavy atom. The number of aromatic nitrogens is 3. The van der Waals surface area contributed by atoms with E-state index in [9.17, 15) is 0 Å². The van der Waals surface area contributed by atoms with Crippen LogP contribution in [0, 0.1) is 0 Å². The van der Waals surface area contributed by atoms with Gasteiger partial charge >= 0.3 is 0 Å². The number of aryl methyl sites for hydroxylation is 1. The Balaban J connectivity index is 1.56. The number of nitrogens with zero attached hydrogens (tertiary/aromatic N) is 3. The van der Waals surface area contributed by atoms with Crippen LogP contribution in [0.1, 0.15) is 30.1 Å². The van der Waals surface area contributed by atoms with E-state index >= 15 is 0 Å². The number of pyridine rings is 1. The number of hydrogen-bond acceptors (Lipinski definition) is 3. The van der Waals surface area contributed by atoms with Crippen molar-refractivity contribution in [3.63, 3.8) is 0 Å². The van der Waals surface area contributed by atoms with E-state index in [1.54, 1.807) is 0 Å².